The summed E-state index contributed by atoms with van der Waals surface area (Å²) in [6, 6.07) is 9.08. The van der Waals surface area contributed by atoms with Crippen molar-refractivity contribution in [2.45, 2.75) is 50.5 Å². The molecule has 5 rings (SSSR count). The lowest BCUT2D eigenvalue weighted by Gasteiger charge is -2.32. The second-order valence-corrected chi connectivity index (χ2v) is 10.7. The van der Waals surface area contributed by atoms with Crippen LogP contribution in [0, 0.1) is 19.8 Å². The number of amidine groups is 1. The van der Waals surface area contributed by atoms with Crippen LogP contribution in [0.4, 0.5) is 0 Å². The Kier molecular flexibility index (Phi) is 5.39. The molecule has 3 heterocycles. The highest BCUT2D eigenvalue weighted by atomic mass is 32.2. The van der Waals surface area contributed by atoms with Gasteiger partial charge in [0.25, 0.3) is 10.0 Å². The number of aryl methyl sites for hydroxylation is 1. The fourth-order valence-corrected chi connectivity index (χ4v) is 6.19. The lowest BCUT2D eigenvalue weighted by atomic mass is 9.97. The number of aromatic nitrogens is 1. The van der Waals surface area contributed by atoms with Crippen LogP contribution in [0.3, 0.4) is 0 Å². The number of benzene rings is 1. The minimum Gasteiger partial charge on any atom is -0.457 e. The zero-order chi connectivity index (χ0) is 23.3. The Morgan fingerprint density at radius 1 is 1.15 bits per heavy atom. The highest BCUT2D eigenvalue weighted by Crippen LogP contribution is 2.38. The molecule has 9 heteroatoms. The maximum Gasteiger partial charge on any atom is 0.311 e. The van der Waals surface area contributed by atoms with Gasteiger partial charge in [0.1, 0.15) is 4.90 Å². The largest absolute Gasteiger partial charge is 0.457 e. The topological polar surface area (TPSA) is 98.0 Å². The fourth-order valence-electron chi connectivity index (χ4n) is 4.96. The van der Waals surface area contributed by atoms with Gasteiger partial charge < -0.3 is 14.2 Å². The number of nitrogens with zero attached hydrogens (tertiary/aromatic N) is 3. The van der Waals surface area contributed by atoms with Gasteiger partial charge in [-0.05, 0) is 57.7 Å². The summed E-state index contributed by atoms with van der Waals surface area (Å²) in [4.78, 5) is 27.6. The standard InChI is InChI=1S/C24H27N3O5S/c1-15-12-20(16(2)27(15)18-9-10-18)21(28)14-32-24(29)17-6-5-11-26(13-17)23-19-7-3-4-8-22(19)33(30,31)25-23/h3-4,7-8,12,17-18H,5-6,9-11,13-14H2,1-2H3. The average Bonchev–Trinajstić information content (AvgIpc) is 3.54. The number of ether oxygens (including phenoxy) is 1. The van der Waals surface area contributed by atoms with E-state index in [4.69, 9.17) is 4.74 Å². The van der Waals surface area contributed by atoms with Crippen LogP contribution in [0.15, 0.2) is 39.6 Å². The first-order valence-electron chi connectivity index (χ1n) is 11.3. The average molecular weight is 470 g/mol. The second-order valence-electron chi connectivity index (χ2n) is 9.09. The Bertz CT molecular complexity index is 1270. The van der Waals surface area contributed by atoms with E-state index in [1.165, 1.54) is 0 Å². The summed E-state index contributed by atoms with van der Waals surface area (Å²) in [7, 11) is -3.72. The van der Waals surface area contributed by atoms with Crippen molar-refractivity contribution in [3.05, 3.63) is 52.8 Å². The lowest BCUT2D eigenvalue weighted by Crippen LogP contribution is -2.43. The van der Waals surface area contributed by atoms with E-state index in [0.717, 1.165) is 24.2 Å². The van der Waals surface area contributed by atoms with Gasteiger partial charge in [0.15, 0.2) is 12.4 Å². The van der Waals surface area contributed by atoms with E-state index in [2.05, 4.69) is 8.96 Å². The molecule has 2 aromatic rings. The van der Waals surface area contributed by atoms with Crippen LogP contribution >= 0.6 is 0 Å². The van der Waals surface area contributed by atoms with Crippen molar-refractivity contribution in [2.75, 3.05) is 19.7 Å². The Morgan fingerprint density at radius 2 is 1.91 bits per heavy atom. The third-order valence-corrected chi connectivity index (χ3v) is 8.03. The van der Waals surface area contributed by atoms with E-state index < -0.39 is 21.9 Å². The molecule has 8 nitrogen and oxygen atoms in total. The van der Waals surface area contributed by atoms with Crippen molar-refractivity contribution >= 4 is 27.6 Å². The Hall–Kier alpha value is -2.94. The van der Waals surface area contributed by atoms with E-state index in [1.807, 2.05) is 24.8 Å². The smallest absolute Gasteiger partial charge is 0.311 e. The maximum atomic E-state index is 12.8. The number of likely N-dealkylation sites (tertiary alicyclic amines) is 1. The highest BCUT2D eigenvalue weighted by Gasteiger charge is 2.36. The first kappa shape index (κ1) is 21.9. The minimum absolute atomic E-state index is 0.194. The summed E-state index contributed by atoms with van der Waals surface area (Å²) in [5, 5.41) is 0. The van der Waals surface area contributed by atoms with Gasteiger partial charge in [-0.3, -0.25) is 9.59 Å². The summed E-state index contributed by atoms with van der Waals surface area (Å²) < 4.78 is 36.4. The van der Waals surface area contributed by atoms with Gasteiger partial charge in [-0.2, -0.15) is 8.42 Å². The van der Waals surface area contributed by atoms with E-state index in [9.17, 15) is 18.0 Å². The number of fused-ring (bicyclic) bond motifs is 1. The minimum atomic E-state index is -3.72. The van der Waals surface area contributed by atoms with E-state index in [0.29, 0.717) is 48.9 Å². The third kappa shape index (κ3) is 3.99. The number of hydrogen-bond donors (Lipinski definition) is 0. The normalized spacial score (nSPS) is 21.5. The molecule has 1 aromatic carbocycles. The van der Waals surface area contributed by atoms with Crippen LogP contribution in [0.25, 0.3) is 0 Å². The van der Waals surface area contributed by atoms with Crippen LogP contribution in [-0.4, -0.2) is 55.2 Å². The summed E-state index contributed by atoms with van der Waals surface area (Å²) >= 11 is 0. The predicted octanol–water partition coefficient (Wildman–Crippen LogP) is 3.03. The van der Waals surface area contributed by atoms with Crippen molar-refractivity contribution in [1.29, 1.82) is 0 Å². The van der Waals surface area contributed by atoms with Crippen molar-refractivity contribution in [2.24, 2.45) is 10.3 Å². The molecule has 33 heavy (non-hydrogen) atoms. The molecule has 174 valence electrons. The monoisotopic (exact) mass is 469 g/mol. The predicted molar refractivity (Wildman–Crippen MR) is 122 cm³/mol. The Labute approximate surface area is 193 Å². The number of Topliss-reactive ketones (excluding diaryl/α,β-unsaturated/α-hetero) is 1. The number of rotatable bonds is 5. The van der Waals surface area contributed by atoms with Gasteiger partial charge in [-0.1, -0.05) is 12.1 Å². The van der Waals surface area contributed by atoms with Crippen LogP contribution in [0.2, 0.25) is 0 Å². The van der Waals surface area contributed by atoms with Gasteiger partial charge in [0.05, 0.1) is 5.92 Å². The van der Waals surface area contributed by atoms with E-state index >= 15 is 0 Å². The molecule has 3 aliphatic rings. The van der Waals surface area contributed by atoms with Gasteiger partial charge in [-0.15, -0.1) is 4.40 Å². The summed E-state index contributed by atoms with van der Waals surface area (Å²) in [5.74, 6) is -0.690. The Morgan fingerprint density at radius 3 is 2.67 bits per heavy atom. The molecule has 1 saturated carbocycles. The third-order valence-electron chi connectivity index (χ3n) is 6.71. The summed E-state index contributed by atoms with van der Waals surface area (Å²) in [5.41, 5.74) is 3.16. The molecule has 0 amide bonds. The van der Waals surface area contributed by atoms with Crippen LogP contribution in [0.5, 0.6) is 0 Å². The number of ketones is 1. The molecule has 0 spiro atoms. The summed E-state index contributed by atoms with van der Waals surface area (Å²) in [6.45, 7) is 4.56. The molecule has 2 fully saturated rings. The molecule has 1 aromatic heterocycles. The maximum absolute atomic E-state index is 12.8. The molecule has 0 radical (unpaired) electrons. The van der Waals surface area contributed by atoms with Gasteiger partial charge in [0, 0.05) is 41.6 Å². The number of esters is 1. The molecule has 1 atom stereocenters. The van der Waals surface area contributed by atoms with Crippen LogP contribution in [0.1, 0.15) is 59.0 Å². The van der Waals surface area contributed by atoms with Crippen LogP contribution < -0.4 is 0 Å². The zero-order valence-electron chi connectivity index (χ0n) is 18.8. The summed E-state index contributed by atoms with van der Waals surface area (Å²) in [6.07, 6.45) is 3.60. The van der Waals surface area contributed by atoms with Crippen molar-refractivity contribution < 1.29 is 22.7 Å². The molecule has 2 aliphatic heterocycles. The molecule has 0 N–H and O–H groups in total. The fraction of sp³-hybridized carbons (Fsp3) is 0.458. The molecular weight excluding hydrogens is 442 g/mol. The molecular formula is C24H27N3O5S. The van der Waals surface area contributed by atoms with E-state index in [1.54, 1.807) is 24.3 Å². The van der Waals surface area contributed by atoms with E-state index in [-0.39, 0.29) is 17.3 Å². The van der Waals surface area contributed by atoms with Crippen molar-refractivity contribution in [1.82, 2.24) is 9.47 Å². The number of hydrogen-bond acceptors (Lipinski definition) is 6. The number of piperidine rings is 1. The number of carbonyl (C=O) groups is 2. The van der Waals surface area contributed by atoms with Gasteiger partial charge >= 0.3 is 5.97 Å². The second kappa shape index (κ2) is 8.13. The first-order chi connectivity index (χ1) is 15.8. The number of carbonyl (C=O) groups excluding carboxylic acids is 2. The quantitative estimate of drug-likeness (QED) is 0.493. The zero-order valence-corrected chi connectivity index (χ0v) is 19.6. The number of sulfonamides is 1. The van der Waals surface area contributed by atoms with Crippen LogP contribution in [-0.2, 0) is 19.6 Å². The van der Waals surface area contributed by atoms with Crippen molar-refractivity contribution in [3.63, 3.8) is 0 Å². The Balaban J connectivity index is 1.24. The molecule has 1 saturated heterocycles. The van der Waals surface area contributed by atoms with Gasteiger partial charge in [0.2, 0.25) is 5.78 Å². The highest BCUT2D eigenvalue weighted by molar-refractivity contribution is 7.90. The first-order valence-corrected chi connectivity index (χ1v) is 12.8. The molecule has 0 bridgehead atoms. The van der Waals surface area contributed by atoms with Crippen molar-refractivity contribution in [3.8, 4) is 0 Å². The SMILES string of the molecule is Cc1cc(C(=O)COC(=O)C2CCCN(C3=NS(=O)(=O)c4ccccc43)C2)c(C)n1C1CC1. The molecule has 1 unspecified atom stereocenters. The molecule has 1 aliphatic carbocycles. The van der Waals surface area contributed by atoms with Gasteiger partial charge in [-0.25, -0.2) is 0 Å². The lowest BCUT2D eigenvalue weighted by molar-refractivity contribution is -0.148.